The second-order valence-electron chi connectivity index (χ2n) is 9.32. The van der Waals surface area contributed by atoms with Crippen LogP contribution in [0.4, 0.5) is 0 Å². The van der Waals surface area contributed by atoms with E-state index in [1.807, 2.05) is 51.1 Å². The minimum Gasteiger partial charge on any atom is -1.00 e. The predicted octanol–water partition coefficient (Wildman–Crippen LogP) is 2.71. The molecule has 0 spiro atoms. The van der Waals surface area contributed by atoms with Crippen molar-refractivity contribution in [1.82, 2.24) is 0 Å². The number of hydrogen-bond donors (Lipinski definition) is 0. The van der Waals surface area contributed by atoms with Crippen LogP contribution in [-0.2, 0) is 9.53 Å². The first-order valence-electron chi connectivity index (χ1n) is 10.3. The maximum Gasteiger partial charge on any atom is 0.315 e. The Kier molecular flexibility index (Phi) is 6.75. The number of para-hydroxylation sites is 1. The Bertz CT molecular complexity index is 948. The summed E-state index contributed by atoms with van der Waals surface area (Å²) in [5.74, 6) is 2.19. The molecule has 3 atom stereocenters. The van der Waals surface area contributed by atoms with E-state index in [1.165, 1.54) is 5.56 Å². The monoisotopic (exact) mass is 541 g/mol. The third-order valence-corrected chi connectivity index (χ3v) is 6.85. The number of hydrogen-bond acceptors (Lipinski definition) is 3. The van der Waals surface area contributed by atoms with Crippen LogP contribution in [0.1, 0.15) is 50.2 Å². The number of carbonyl (C=O) groups is 1. The quantitative estimate of drug-likeness (QED) is 0.339. The Morgan fingerprint density at radius 2 is 1.77 bits per heavy atom. The summed E-state index contributed by atoms with van der Waals surface area (Å²) in [5, 5.41) is 0.717. The highest BCUT2D eigenvalue weighted by Gasteiger charge is 2.48. The molecule has 0 N–H and O–H groups in total. The number of carbonyl (C=O) groups excluding carboxylic acids is 1. The van der Waals surface area contributed by atoms with Crippen molar-refractivity contribution in [2.24, 2.45) is 5.41 Å². The van der Waals surface area contributed by atoms with Crippen molar-refractivity contribution in [3.63, 3.8) is 0 Å². The van der Waals surface area contributed by atoms with E-state index >= 15 is 0 Å². The van der Waals surface area contributed by atoms with E-state index in [4.69, 9.17) is 21.1 Å². The lowest BCUT2D eigenvalue weighted by Gasteiger charge is -2.31. The first-order chi connectivity index (χ1) is 13.7. The number of likely N-dealkylation sites (N-methyl/N-ethyl adjacent to an activating group) is 1. The number of ether oxygens (including phenoxy) is 2. The van der Waals surface area contributed by atoms with Crippen molar-refractivity contribution in [3.05, 3.63) is 58.6 Å². The van der Waals surface area contributed by atoms with E-state index in [-0.39, 0.29) is 41.8 Å². The van der Waals surface area contributed by atoms with Gasteiger partial charge in [-0.15, -0.1) is 0 Å². The van der Waals surface area contributed by atoms with Gasteiger partial charge in [0.25, 0.3) is 0 Å². The highest BCUT2D eigenvalue weighted by molar-refractivity contribution is 6.30. The second-order valence-corrected chi connectivity index (χ2v) is 9.75. The molecule has 0 radical (unpaired) electrons. The molecular formula is C24H29ClINO3. The average molecular weight is 542 g/mol. The number of esters is 1. The lowest BCUT2D eigenvalue weighted by molar-refractivity contribution is -0.915. The molecule has 0 saturated carbocycles. The first-order valence-corrected chi connectivity index (χ1v) is 10.7. The minimum atomic E-state index is -0.455. The first kappa shape index (κ1) is 23.4. The zero-order valence-electron chi connectivity index (χ0n) is 18.0. The molecule has 2 heterocycles. The zero-order chi connectivity index (χ0) is 20.8. The molecule has 0 amide bonds. The van der Waals surface area contributed by atoms with E-state index in [0.29, 0.717) is 16.2 Å². The molecule has 0 aliphatic carbocycles. The van der Waals surface area contributed by atoms with Gasteiger partial charge in [0.05, 0.1) is 25.6 Å². The number of benzene rings is 2. The Morgan fingerprint density at radius 1 is 1.13 bits per heavy atom. The van der Waals surface area contributed by atoms with Crippen molar-refractivity contribution in [2.75, 3.05) is 26.9 Å². The van der Waals surface area contributed by atoms with Crippen LogP contribution in [0.5, 0.6) is 11.5 Å². The number of likely N-dealkylation sites (tertiary alicyclic amines) is 1. The van der Waals surface area contributed by atoms with Gasteiger partial charge < -0.3 is 33.5 Å². The van der Waals surface area contributed by atoms with Crippen molar-refractivity contribution in [2.45, 2.75) is 39.0 Å². The molecule has 0 aromatic heterocycles. The number of fused-ring (bicyclic) bond motifs is 5. The van der Waals surface area contributed by atoms with Crippen molar-refractivity contribution < 1.29 is 42.7 Å². The van der Waals surface area contributed by atoms with Crippen LogP contribution in [-0.4, -0.2) is 37.3 Å². The van der Waals surface area contributed by atoms with E-state index in [0.717, 1.165) is 36.6 Å². The molecule has 3 unspecified atom stereocenters. The smallest absolute Gasteiger partial charge is 0.315 e. The van der Waals surface area contributed by atoms with Gasteiger partial charge in [0.1, 0.15) is 11.5 Å². The highest BCUT2D eigenvalue weighted by Crippen LogP contribution is 2.51. The van der Waals surface area contributed by atoms with Crippen molar-refractivity contribution >= 4 is 17.6 Å². The van der Waals surface area contributed by atoms with Gasteiger partial charge in [-0.1, -0.05) is 36.7 Å². The lowest BCUT2D eigenvalue weighted by Crippen LogP contribution is -3.00. The SMILES string of the molecule is CCC(C)(C)C(=O)OC[N+]1(C)CC2c3ccccc3Oc3ccc(Cl)cc3C2C1.[I-]. The normalized spacial score (nSPS) is 24.4. The van der Waals surface area contributed by atoms with Gasteiger partial charge in [-0.05, 0) is 44.5 Å². The molecule has 2 aromatic carbocycles. The summed E-state index contributed by atoms with van der Waals surface area (Å²) in [5.41, 5.74) is 1.90. The highest BCUT2D eigenvalue weighted by atomic mass is 127. The summed E-state index contributed by atoms with van der Waals surface area (Å²) in [6, 6.07) is 14.1. The Labute approximate surface area is 201 Å². The Balaban J connectivity index is 0.00000256. The van der Waals surface area contributed by atoms with E-state index in [2.05, 4.69) is 19.2 Å². The number of quaternary nitrogens is 1. The molecule has 2 aromatic rings. The average Bonchev–Trinajstić information content (AvgIpc) is 3.00. The fraction of sp³-hybridized carbons (Fsp3) is 0.458. The standard InChI is InChI=1S/C24H29ClNO3.HI/c1-5-24(2,3)23(27)28-15-26(4)13-19-17-8-6-7-9-21(17)29-22-11-10-16(25)12-18(22)20(19)14-26;/h6-12,19-20H,5,13-15H2,1-4H3;1H/q+1;/p-1. The third kappa shape index (κ3) is 4.34. The summed E-state index contributed by atoms with van der Waals surface area (Å²) in [6.45, 7) is 8.04. The summed E-state index contributed by atoms with van der Waals surface area (Å²) in [7, 11) is 2.18. The summed E-state index contributed by atoms with van der Waals surface area (Å²) in [4.78, 5) is 12.5. The number of nitrogens with zero attached hydrogens (tertiary/aromatic N) is 1. The molecular weight excluding hydrogens is 513 g/mol. The largest absolute Gasteiger partial charge is 1.00 e. The van der Waals surface area contributed by atoms with Gasteiger partial charge in [0, 0.05) is 28.0 Å². The van der Waals surface area contributed by atoms with E-state index in [9.17, 15) is 4.79 Å². The molecule has 2 aliphatic rings. The van der Waals surface area contributed by atoms with Crippen LogP contribution in [0.3, 0.4) is 0 Å². The van der Waals surface area contributed by atoms with Crippen LogP contribution in [0.25, 0.3) is 0 Å². The van der Waals surface area contributed by atoms with E-state index in [1.54, 1.807) is 0 Å². The van der Waals surface area contributed by atoms with Gasteiger partial charge in [0.2, 0.25) is 6.73 Å². The van der Waals surface area contributed by atoms with E-state index < -0.39 is 5.41 Å². The van der Waals surface area contributed by atoms with Crippen LogP contribution in [0, 0.1) is 5.41 Å². The molecule has 162 valence electrons. The fourth-order valence-electron chi connectivity index (χ4n) is 4.47. The van der Waals surface area contributed by atoms with Crippen LogP contribution in [0.15, 0.2) is 42.5 Å². The van der Waals surface area contributed by atoms with Crippen molar-refractivity contribution in [3.8, 4) is 11.5 Å². The zero-order valence-corrected chi connectivity index (χ0v) is 20.9. The van der Waals surface area contributed by atoms with Crippen molar-refractivity contribution in [1.29, 1.82) is 0 Å². The Hall–Kier alpha value is -1.31. The number of rotatable bonds is 4. The molecule has 6 heteroatoms. The van der Waals surface area contributed by atoms with Gasteiger partial charge in [-0.2, -0.15) is 0 Å². The van der Waals surface area contributed by atoms with Gasteiger partial charge >= 0.3 is 5.97 Å². The minimum absolute atomic E-state index is 0. The van der Waals surface area contributed by atoms with Crippen LogP contribution >= 0.6 is 11.6 Å². The van der Waals surface area contributed by atoms with Crippen LogP contribution < -0.4 is 28.7 Å². The molecule has 2 aliphatic heterocycles. The third-order valence-electron chi connectivity index (χ3n) is 6.61. The van der Waals surface area contributed by atoms with Gasteiger partial charge in [-0.3, -0.25) is 9.28 Å². The van der Waals surface area contributed by atoms with Gasteiger partial charge in [0.15, 0.2) is 0 Å². The van der Waals surface area contributed by atoms with Crippen LogP contribution in [0.2, 0.25) is 5.02 Å². The molecule has 0 bridgehead atoms. The molecule has 1 saturated heterocycles. The second kappa shape index (κ2) is 8.67. The number of halogens is 2. The topological polar surface area (TPSA) is 35.5 Å². The molecule has 1 fully saturated rings. The Morgan fingerprint density at radius 3 is 2.47 bits per heavy atom. The predicted molar refractivity (Wildman–Crippen MR) is 114 cm³/mol. The summed E-state index contributed by atoms with van der Waals surface area (Å²) < 4.78 is 12.7. The fourth-order valence-corrected chi connectivity index (χ4v) is 4.65. The van der Waals surface area contributed by atoms with Gasteiger partial charge in [-0.25, -0.2) is 0 Å². The maximum atomic E-state index is 12.5. The molecule has 4 rings (SSSR count). The molecule has 30 heavy (non-hydrogen) atoms. The lowest BCUT2D eigenvalue weighted by atomic mass is 9.84. The summed E-state index contributed by atoms with van der Waals surface area (Å²) in [6.07, 6.45) is 0.761. The summed E-state index contributed by atoms with van der Waals surface area (Å²) >= 11 is 6.34. The maximum absolute atomic E-state index is 12.5. The molecule has 4 nitrogen and oxygen atoms in total.